The van der Waals surface area contributed by atoms with E-state index in [1.807, 2.05) is 42.2 Å². The van der Waals surface area contributed by atoms with Gasteiger partial charge in [-0.15, -0.1) is 0 Å². The second-order valence-corrected chi connectivity index (χ2v) is 8.02. The number of hydrogen-bond acceptors (Lipinski definition) is 2. The predicted molar refractivity (Wildman–Crippen MR) is 119 cm³/mol. The number of anilines is 1. The topological polar surface area (TPSA) is 65.2 Å². The van der Waals surface area contributed by atoms with Gasteiger partial charge in [-0.25, -0.2) is 0 Å². The van der Waals surface area contributed by atoms with E-state index < -0.39 is 0 Å². The van der Waals surface area contributed by atoms with Gasteiger partial charge in [0.1, 0.15) is 0 Å². The fourth-order valence-electron chi connectivity index (χ4n) is 4.01. The van der Waals surface area contributed by atoms with Gasteiger partial charge in [-0.05, 0) is 56.0 Å². The largest absolute Gasteiger partial charge is 0.365 e. The molecule has 0 aliphatic carbocycles. The number of piperidine rings is 1. The zero-order valence-corrected chi connectivity index (χ0v) is 17.4. The van der Waals surface area contributed by atoms with Gasteiger partial charge >= 0.3 is 0 Å². The van der Waals surface area contributed by atoms with Crippen LogP contribution in [0.4, 0.5) is 5.69 Å². The molecule has 0 bridgehead atoms. The van der Waals surface area contributed by atoms with E-state index in [0.717, 1.165) is 16.9 Å². The molecule has 2 aromatic carbocycles. The highest BCUT2D eigenvalue weighted by atomic mass is 16.2. The SMILES string of the molecule is Cc1cccc(-c2ccc(NC(=O)C3CCN(C(=O)c4cc[nH]c4C)CC3)cc2)c1. The Morgan fingerprint density at radius 1 is 0.967 bits per heavy atom. The molecule has 5 nitrogen and oxygen atoms in total. The third-order valence-corrected chi connectivity index (χ3v) is 5.84. The van der Waals surface area contributed by atoms with E-state index in [-0.39, 0.29) is 17.7 Å². The molecule has 5 heteroatoms. The lowest BCUT2D eigenvalue weighted by atomic mass is 9.95. The first-order valence-electron chi connectivity index (χ1n) is 10.4. The molecule has 2 heterocycles. The monoisotopic (exact) mass is 401 g/mol. The van der Waals surface area contributed by atoms with Crippen molar-refractivity contribution in [3.05, 3.63) is 77.6 Å². The van der Waals surface area contributed by atoms with Crippen LogP contribution in [0.25, 0.3) is 11.1 Å². The van der Waals surface area contributed by atoms with E-state index in [9.17, 15) is 9.59 Å². The summed E-state index contributed by atoms with van der Waals surface area (Å²) < 4.78 is 0. The number of rotatable bonds is 4. The first-order chi connectivity index (χ1) is 14.5. The average molecular weight is 402 g/mol. The first-order valence-corrected chi connectivity index (χ1v) is 10.4. The van der Waals surface area contributed by atoms with Crippen molar-refractivity contribution in [2.45, 2.75) is 26.7 Å². The minimum Gasteiger partial charge on any atom is -0.365 e. The van der Waals surface area contributed by atoms with Crippen LogP contribution in [-0.2, 0) is 4.79 Å². The summed E-state index contributed by atoms with van der Waals surface area (Å²) in [6, 6.07) is 18.1. The lowest BCUT2D eigenvalue weighted by Gasteiger charge is -2.31. The Hall–Kier alpha value is -3.34. The van der Waals surface area contributed by atoms with Crippen LogP contribution in [0.3, 0.4) is 0 Å². The molecule has 154 valence electrons. The molecule has 2 amide bonds. The molecular formula is C25H27N3O2. The molecule has 0 spiro atoms. The highest BCUT2D eigenvalue weighted by molar-refractivity contribution is 5.96. The molecule has 1 saturated heterocycles. The molecule has 2 N–H and O–H groups in total. The molecule has 1 aromatic heterocycles. The van der Waals surface area contributed by atoms with Crippen LogP contribution in [0.1, 0.15) is 34.5 Å². The van der Waals surface area contributed by atoms with Crippen molar-refractivity contribution in [2.24, 2.45) is 5.92 Å². The number of likely N-dealkylation sites (tertiary alicyclic amines) is 1. The van der Waals surface area contributed by atoms with E-state index in [4.69, 9.17) is 0 Å². The van der Waals surface area contributed by atoms with Crippen LogP contribution in [0.2, 0.25) is 0 Å². The molecule has 0 unspecified atom stereocenters. The van der Waals surface area contributed by atoms with Crippen molar-refractivity contribution < 1.29 is 9.59 Å². The second kappa shape index (κ2) is 8.57. The Morgan fingerprint density at radius 2 is 1.70 bits per heavy atom. The summed E-state index contributed by atoms with van der Waals surface area (Å²) in [4.78, 5) is 30.2. The lowest BCUT2D eigenvalue weighted by Crippen LogP contribution is -2.41. The van der Waals surface area contributed by atoms with Gasteiger partial charge in [-0.3, -0.25) is 9.59 Å². The van der Waals surface area contributed by atoms with Crippen LogP contribution < -0.4 is 5.32 Å². The minimum atomic E-state index is -0.0715. The quantitative estimate of drug-likeness (QED) is 0.660. The van der Waals surface area contributed by atoms with Gasteiger partial charge in [0, 0.05) is 36.6 Å². The van der Waals surface area contributed by atoms with Crippen molar-refractivity contribution in [1.29, 1.82) is 0 Å². The van der Waals surface area contributed by atoms with Crippen LogP contribution in [0, 0.1) is 19.8 Å². The van der Waals surface area contributed by atoms with Gasteiger partial charge in [0.25, 0.3) is 5.91 Å². The second-order valence-electron chi connectivity index (χ2n) is 8.02. The highest BCUT2D eigenvalue weighted by Gasteiger charge is 2.28. The van der Waals surface area contributed by atoms with E-state index in [2.05, 4.69) is 41.5 Å². The Bertz CT molecular complexity index is 1040. The zero-order valence-electron chi connectivity index (χ0n) is 17.4. The maximum Gasteiger partial charge on any atom is 0.255 e. The lowest BCUT2D eigenvalue weighted by molar-refractivity contribution is -0.121. The maximum atomic E-state index is 12.7. The molecule has 4 rings (SSSR count). The summed E-state index contributed by atoms with van der Waals surface area (Å²) in [6.45, 7) is 5.19. The summed E-state index contributed by atoms with van der Waals surface area (Å²) in [6.07, 6.45) is 3.15. The molecule has 3 aromatic rings. The molecule has 30 heavy (non-hydrogen) atoms. The minimum absolute atomic E-state index is 0.0308. The Morgan fingerprint density at radius 3 is 2.33 bits per heavy atom. The number of carbonyl (C=O) groups excluding carboxylic acids is 2. The van der Waals surface area contributed by atoms with Crippen LogP contribution >= 0.6 is 0 Å². The standard InChI is InChI=1S/C25H27N3O2/c1-17-4-3-5-21(16-17)19-6-8-22(9-7-19)27-24(29)20-11-14-28(15-12-20)25(30)23-10-13-26-18(23)2/h3-10,13,16,20,26H,11-12,14-15H2,1-2H3,(H,27,29). The zero-order chi connectivity index (χ0) is 21.1. The Labute approximate surface area is 177 Å². The van der Waals surface area contributed by atoms with E-state index in [0.29, 0.717) is 31.5 Å². The van der Waals surface area contributed by atoms with Crippen molar-refractivity contribution >= 4 is 17.5 Å². The molecule has 1 fully saturated rings. The van der Waals surface area contributed by atoms with Gasteiger partial charge in [-0.2, -0.15) is 0 Å². The Kier molecular flexibility index (Phi) is 5.70. The van der Waals surface area contributed by atoms with Crippen molar-refractivity contribution in [1.82, 2.24) is 9.88 Å². The molecule has 0 radical (unpaired) electrons. The summed E-state index contributed by atoms with van der Waals surface area (Å²) in [5, 5.41) is 3.04. The summed E-state index contributed by atoms with van der Waals surface area (Å²) in [5.41, 5.74) is 5.92. The van der Waals surface area contributed by atoms with Gasteiger partial charge < -0.3 is 15.2 Å². The molecule has 1 aliphatic heterocycles. The fraction of sp³-hybridized carbons (Fsp3) is 0.280. The normalized spacial score (nSPS) is 14.5. The molecule has 0 saturated carbocycles. The third kappa shape index (κ3) is 4.30. The smallest absolute Gasteiger partial charge is 0.255 e. The number of amides is 2. The number of hydrogen-bond donors (Lipinski definition) is 2. The molecule has 0 atom stereocenters. The number of nitrogens with zero attached hydrogens (tertiary/aromatic N) is 1. The number of H-pyrrole nitrogens is 1. The molecule has 1 aliphatic rings. The Balaban J connectivity index is 1.33. The number of aromatic nitrogens is 1. The van der Waals surface area contributed by atoms with E-state index in [1.165, 1.54) is 11.1 Å². The van der Waals surface area contributed by atoms with Crippen molar-refractivity contribution in [2.75, 3.05) is 18.4 Å². The summed E-state index contributed by atoms with van der Waals surface area (Å²) in [7, 11) is 0. The average Bonchev–Trinajstić information content (AvgIpc) is 3.19. The van der Waals surface area contributed by atoms with E-state index >= 15 is 0 Å². The van der Waals surface area contributed by atoms with Gasteiger partial charge in [0.05, 0.1) is 5.56 Å². The first kappa shape index (κ1) is 20.0. The number of aromatic amines is 1. The fourth-order valence-corrected chi connectivity index (χ4v) is 4.01. The number of benzene rings is 2. The number of aryl methyl sites for hydroxylation is 2. The number of carbonyl (C=O) groups is 2. The van der Waals surface area contributed by atoms with Crippen molar-refractivity contribution in [3.63, 3.8) is 0 Å². The number of nitrogens with one attached hydrogen (secondary N) is 2. The third-order valence-electron chi connectivity index (χ3n) is 5.84. The predicted octanol–water partition coefficient (Wildman–Crippen LogP) is 4.79. The highest BCUT2D eigenvalue weighted by Crippen LogP contribution is 2.24. The van der Waals surface area contributed by atoms with Gasteiger partial charge in [0.2, 0.25) is 5.91 Å². The van der Waals surface area contributed by atoms with Crippen LogP contribution in [0.5, 0.6) is 0 Å². The van der Waals surface area contributed by atoms with Crippen LogP contribution in [0.15, 0.2) is 60.8 Å². The van der Waals surface area contributed by atoms with E-state index in [1.54, 1.807) is 6.20 Å². The molecular weight excluding hydrogens is 374 g/mol. The van der Waals surface area contributed by atoms with Gasteiger partial charge in [0.15, 0.2) is 0 Å². The van der Waals surface area contributed by atoms with Crippen LogP contribution in [-0.4, -0.2) is 34.8 Å². The van der Waals surface area contributed by atoms with Crippen molar-refractivity contribution in [3.8, 4) is 11.1 Å². The van der Waals surface area contributed by atoms with Gasteiger partial charge in [-0.1, -0.05) is 42.0 Å². The summed E-state index contributed by atoms with van der Waals surface area (Å²) in [5.74, 6) is 0.000367. The maximum absolute atomic E-state index is 12.7. The summed E-state index contributed by atoms with van der Waals surface area (Å²) >= 11 is 0.